The second-order valence-electron chi connectivity index (χ2n) is 3.67. The van der Waals surface area contributed by atoms with Gasteiger partial charge in [0, 0.05) is 13.1 Å². The number of likely N-dealkylation sites (N-methyl/N-ethyl adjacent to an activating group) is 1. The van der Waals surface area contributed by atoms with Gasteiger partial charge in [0.05, 0.1) is 0 Å². The molecule has 1 nitrogen and oxygen atoms in total. The largest absolute Gasteiger partial charge is 0.302 e. The molecule has 0 aromatic carbocycles. The summed E-state index contributed by atoms with van der Waals surface area (Å²) < 4.78 is 0. The summed E-state index contributed by atoms with van der Waals surface area (Å²) in [6, 6.07) is 0. The lowest BCUT2D eigenvalue weighted by atomic mass is 9.94. The maximum absolute atomic E-state index is 3.83. The summed E-state index contributed by atoms with van der Waals surface area (Å²) in [6.45, 7) is 14.3. The number of rotatable bonds is 1. The highest BCUT2D eigenvalue weighted by Crippen LogP contribution is 2.24. The minimum absolute atomic E-state index is 1.07. The Morgan fingerprint density at radius 2 is 2.00 bits per heavy atom. The highest BCUT2D eigenvalue weighted by Gasteiger charge is 2.15. The maximum Gasteiger partial charge on any atom is 0.0236 e. The number of hydrogen-bond acceptors (Lipinski definition) is 1. The van der Waals surface area contributed by atoms with E-state index in [1.807, 2.05) is 19.9 Å². The van der Waals surface area contributed by atoms with Crippen LogP contribution in [0.3, 0.4) is 0 Å². The van der Waals surface area contributed by atoms with E-state index in [4.69, 9.17) is 0 Å². The Morgan fingerprint density at radius 1 is 1.40 bits per heavy atom. The maximum atomic E-state index is 3.83. The van der Waals surface area contributed by atoms with E-state index in [2.05, 4.69) is 38.5 Å². The van der Waals surface area contributed by atoms with Crippen LogP contribution in [-0.2, 0) is 0 Å². The van der Waals surface area contributed by atoms with E-state index in [1.165, 1.54) is 29.7 Å². The molecule has 86 valence electrons. The third kappa shape index (κ3) is 4.05. The third-order valence-electron chi connectivity index (χ3n) is 2.71. The standard InChI is InChI=1S/C12H19N.C2H6/c1-5-10(3)12-9-13(4)8-7-11(12)6-2;1-2/h5-6H,1,7-9H2,2-4H3;1-2H3/b11-6-,12-10-;. The molecular weight excluding hydrogens is 182 g/mol. The molecule has 15 heavy (non-hydrogen) atoms. The van der Waals surface area contributed by atoms with Crippen molar-refractivity contribution >= 4 is 0 Å². The molecule has 0 radical (unpaired) electrons. The fraction of sp³-hybridized carbons (Fsp3) is 0.571. The number of allylic oxidation sites excluding steroid dienone is 3. The van der Waals surface area contributed by atoms with Gasteiger partial charge in [-0.3, -0.25) is 0 Å². The average molecular weight is 207 g/mol. The number of likely N-dealkylation sites (tertiary alicyclic amines) is 1. The van der Waals surface area contributed by atoms with E-state index in [9.17, 15) is 0 Å². The average Bonchev–Trinajstić information content (AvgIpc) is 2.30. The Balaban J connectivity index is 0.000000921. The Bertz CT molecular complexity index is 259. The molecule has 0 aromatic rings. The molecule has 0 amide bonds. The molecule has 0 atom stereocenters. The lowest BCUT2D eigenvalue weighted by Gasteiger charge is -2.28. The predicted octanol–water partition coefficient (Wildman–Crippen LogP) is 3.80. The van der Waals surface area contributed by atoms with Crippen LogP contribution in [0.1, 0.15) is 34.1 Å². The zero-order valence-corrected chi connectivity index (χ0v) is 10.9. The molecule has 1 aliphatic rings. The van der Waals surface area contributed by atoms with Crippen molar-refractivity contribution in [2.75, 3.05) is 20.1 Å². The van der Waals surface area contributed by atoms with Crippen molar-refractivity contribution in [2.45, 2.75) is 34.1 Å². The van der Waals surface area contributed by atoms with Crippen molar-refractivity contribution in [3.8, 4) is 0 Å². The molecule has 0 unspecified atom stereocenters. The molecule has 0 spiro atoms. The SMILES string of the molecule is C=C/C(C)=C1/CN(C)CC/C1=C/C.CC. The molecule has 1 aliphatic heterocycles. The lowest BCUT2D eigenvalue weighted by Crippen LogP contribution is -2.29. The van der Waals surface area contributed by atoms with Gasteiger partial charge in [0.15, 0.2) is 0 Å². The van der Waals surface area contributed by atoms with Gasteiger partial charge in [0.2, 0.25) is 0 Å². The van der Waals surface area contributed by atoms with E-state index in [0.717, 1.165) is 6.54 Å². The summed E-state index contributed by atoms with van der Waals surface area (Å²) in [5.74, 6) is 0. The molecular formula is C14H25N. The van der Waals surface area contributed by atoms with Crippen molar-refractivity contribution in [3.05, 3.63) is 35.5 Å². The minimum Gasteiger partial charge on any atom is -0.302 e. The van der Waals surface area contributed by atoms with Crippen LogP contribution >= 0.6 is 0 Å². The van der Waals surface area contributed by atoms with Gasteiger partial charge in [0.1, 0.15) is 0 Å². The summed E-state index contributed by atoms with van der Waals surface area (Å²) in [4.78, 5) is 2.36. The zero-order valence-electron chi connectivity index (χ0n) is 10.9. The van der Waals surface area contributed by atoms with Crippen molar-refractivity contribution in [3.63, 3.8) is 0 Å². The van der Waals surface area contributed by atoms with Gasteiger partial charge in [-0.05, 0) is 44.0 Å². The highest BCUT2D eigenvalue weighted by molar-refractivity contribution is 5.41. The summed E-state index contributed by atoms with van der Waals surface area (Å²) in [5, 5.41) is 0. The van der Waals surface area contributed by atoms with Crippen LogP contribution in [0.25, 0.3) is 0 Å². The molecule has 0 bridgehead atoms. The zero-order chi connectivity index (χ0) is 11.8. The second kappa shape index (κ2) is 7.47. The van der Waals surface area contributed by atoms with Gasteiger partial charge >= 0.3 is 0 Å². The fourth-order valence-electron chi connectivity index (χ4n) is 1.73. The van der Waals surface area contributed by atoms with Crippen LogP contribution < -0.4 is 0 Å². The molecule has 1 heterocycles. The van der Waals surface area contributed by atoms with E-state index < -0.39 is 0 Å². The first-order valence-corrected chi connectivity index (χ1v) is 5.85. The number of nitrogens with zero attached hydrogens (tertiary/aromatic N) is 1. The summed E-state index contributed by atoms with van der Waals surface area (Å²) in [5.41, 5.74) is 4.28. The van der Waals surface area contributed by atoms with Gasteiger partial charge in [-0.2, -0.15) is 0 Å². The van der Waals surface area contributed by atoms with Crippen molar-refractivity contribution in [1.82, 2.24) is 4.90 Å². The minimum atomic E-state index is 1.07. The van der Waals surface area contributed by atoms with Crippen LogP contribution in [0.15, 0.2) is 35.5 Å². The second-order valence-corrected chi connectivity index (χ2v) is 3.67. The normalized spacial score (nSPS) is 23.1. The molecule has 1 fully saturated rings. The van der Waals surface area contributed by atoms with Crippen molar-refractivity contribution < 1.29 is 0 Å². The summed E-state index contributed by atoms with van der Waals surface area (Å²) in [7, 11) is 2.17. The molecule has 0 aromatic heterocycles. The van der Waals surface area contributed by atoms with Crippen molar-refractivity contribution in [1.29, 1.82) is 0 Å². The van der Waals surface area contributed by atoms with Gasteiger partial charge < -0.3 is 4.90 Å². The van der Waals surface area contributed by atoms with Crippen LogP contribution in [0.2, 0.25) is 0 Å². The first kappa shape index (κ1) is 14.2. The molecule has 0 aliphatic carbocycles. The van der Waals surface area contributed by atoms with Crippen LogP contribution in [0, 0.1) is 0 Å². The third-order valence-corrected chi connectivity index (χ3v) is 2.71. The van der Waals surface area contributed by atoms with E-state index in [1.54, 1.807) is 0 Å². The van der Waals surface area contributed by atoms with Gasteiger partial charge in [0.25, 0.3) is 0 Å². The lowest BCUT2D eigenvalue weighted by molar-refractivity contribution is 0.347. The first-order valence-electron chi connectivity index (χ1n) is 5.85. The fourth-order valence-corrected chi connectivity index (χ4v) is 1.73. The quantitative estimate of drug-likeness (QED) is 0.632. The number of piperidine rings is 1. The van der Waals surface area contributed by atoms with Gasteiger partial charge in [-0.1, -0.05) is 32.6 Å². The Morgan fingerprint density at radius 3 is 2.47 bits per heavy atom. The summed E-state index contributed by atoms with van der Waals surface area (Å²) in [6.07, 6.45) is 5.36. The van der Waals surface area contributed by atoms with Gasteiger partial charge in [-0.15, -0.1) is 0 Å². The summed E-state index contributed by atoms with van der Waals surface area (Å²) >= 11 is 0. The van der Waals surface area contributed by atoms with Crippen LogP contribution in [-0.4, -0.2) is 25.0 Å². The van der Waals surface area contributed by atoms with E-state index >= 15 is 0 Å². The molecule has 1 saturated heterocycles. The van der Waals surface area contributed by atoms with E-state index in [-0.39, 0.29) is 0 Å². The van der Waals surface area contributed by atoms with Crippen molar-refractivity contribution in [2.24, 2.45) is 0 Å². The number of hydrogen-bond donors (Lipinski definition) is 0. The Hall–Kier alpha value is -0.820. The smallest absolute Gasteiger partial charge is 0.0236 e. The predicted molar refractivity (Wildman–Crippen MR) is 70.1 cm³/mol. The van der Waals surface area contributed by atoms with E-state index in [0.29, 0.717) is 0 Å². The Labute approximate surface area is 95.2 Å². The Kier molecular flexibility index (Phi) is 7.06. The van der Waals surface area contributed by atoms with Crippen LogP contribution in [0.4, 0.5) is 0 Å². The molecule has 0 saturated carbocycles. The van der Waals surface area contributed by atoms with Gasteiger partial charge in [-0.25, -0.2) is 0 Å². The molecule has 0 N–H and O–H groups in total. The monoisotopic (exact) mass is 207 g/mol. The first-order chi connectivity index (χ1) is 7.19. The molecule has 1 rings (SSSR count). The van der Waals surface area contributed by atoms with Crippen LogP contribution in [0.5, 0.6) is 0 Å². The molecule has 1 heteroatoms. The highest BCUT2D eigenvalue weighted by atomic mass is 15.1. The topological polar surface area (TPSA) is 3.24 Å².